The van der Waals surface area contributed by atoms with Gasteiger partial charge in [-0.1, -0.05) is 6.92 Å². The van der Waals surface area contributed by atoms with Gasteiger partial charge in [0.1, 0.15) is 0 Å². The van der Waals surface area contributed by atoms with E-state index in [9.17, 15) is 0 Å². The van der Waals surface area contributed by atoms with Gasteiger partial charge in [0.05, 0.1) is 6.61 Å². The van der Waals surface area contributed by atoms with E-state index in [0.29, 0.717) is 24.5 Å². The molecule has 0 spiro atoms. The fraction of sp³-hybridized carbons (Fsp3) is 0.692. The van der Waals surface area contributed by atoms with Crippen molar-refractivity contribution in [2.24, 2.45) is 0 Å². The molecule has 0 amide bonds. The molecule has 5 nitrogen and oxygen atoms in total. The largest absolute Gasteiger partial charge is 0.478 e. The molecule has 1 aliphatic rings. The third-order valence-corrected chi connectivity index (χ3v) is 3.02. The van der Waals surface area contributed by atoms with Crippen molar-refractivity contribution in [1.29, 1.82) is 0 Å². The van der Waals surface area contributed by atoms with Crippen LogP contribution in [0.3, 0.4) is 0 Å². The summed E-state index contributed by atoms with van der Waals surface area (Å²) in [4.78, 5) is 8.50. The van der Waals surface area contributed by atoms with E-state index in [1.807, 2.05) is 0 Å². The van der Waals surface area contributed by atoms with Crippen molar-refractivity contribution in [2.45, 2.75) is 38.6 Å². The average Bonchev–Trinajstić information content (AvgIpc) is 2.90. The molecule has 1 aromatic heterocycles. The van der Waals surface area contributed by atoms with Gasteiger partial charge in [0.25, 0.3) is 0 Å². The molecule has 5 heteroatoms. The van der Waals surface area contributed by atoms with E-state index in [1.54, 1.807) is 12.3 Å². The molecule has 1 aromatic rings. The maximum atomic E-state index is 5.47. The van der Waals surface area contributed by atoms with Crippen molar-refractivity contribution in [3.8, 4) is 5.88 Å². The number of aromatic nitrogens is 2. The molecule has 1 saturated heterocycles. The number of nitrogens with zero attached hydrogens (tertiary/aromatic N) is 2. The van der Waals surface area contributed by atoms with Gasteiger partial charge in [0.2, 0.25) is 11.8 Å². The topological polar surface area (TPSA) is 59.1 Å². The molecule has 18 heavy (non-hydrogen) atoms. The standard InChI is InChI=1S/C13H22N4O/c1-2-10-18-12-6-9-16-13(17-12)15-8-5-11-4-3-7-14-11/h6,9,11,14H,2-5,7-8,10H2,1H3,(H,15,16,17)/t11-/m0/s1. The third-order valence-electron chi connectivity index (χ3n) is 3.02. The van der Waals surface area contributed by atoms with E-state index in [0.717, 1.165) is 25.9 Å². The molecule has 0 bridgehead atoms. The second-order valence-electron chi connectivity index (χ2n) is 4.58. The van der Waals surface area contributed by atoms with E-state index >= 15 is 0 Å². The van der Waals surface area contributed by atoms with Gasteiger partial charge in [-0.3, -0.25) is 0 Å². The lowest BCUT2D eigenvalue weighted by Crippen LogP contribution is -2.24. The van der Waals surface area contributed by atoms with Gasteiger partial charge >= 0.3 is 0 Å². The van der Waals surface area contributed by atoms with Gasteiger partial charge in [0.15, 0.2) is 0 Å². The molecule has 1 fully saturated rings. The van der Waals surface area contributed by atoms with Crippen LogP contribution >= 0.6 is 0 Å². The average molecular weight is 250 g/mol. The van der Waals surface area contributed by atoms with Crippen LogP contribution in [0.2, 0.25) is 0 Å². The summed E-state index contributed by atoms with van der Waals surface area (Å²) in [6, 6.07) is 2.44. The zero-order chi connectivity index (χ0) is 12.6. The molecular weight excluding hydrogens is 228 g/mol. The molecule has 0 aliphatic carbocycles. The molecule has 0 radical (unpaired) electrons. The lowest BCUT2D eigenvalue weighted by molar-refractivity contribution is 0.305. The van der Waals surface area contributed by atoms with Crippen LogP contribution < -0.4 is 15.4 Å². The molecule has 0 aromatic carbocycles. The minimum absolute atomic E-state index is 0.647. The zero-order valence-electron chi connectivity index (χ0n) is 11.0. The fourth-order valence-electron chi connectivity index (χ4n) is 2.08. The van der Waals surface area contributed by atoms with Crippen LogP contribution in [0.1, 0.15) is 32.6 Å². The second-order valence-corrected chi connectivity index (χ2v) is 4.58. The Bertz CT molecular complexity index is 353. The van der Waals surface area contributed by atoms with E-state index in [4.69, 9.17) is 4.74 Å². The summed E-state index contributed by atoms with van der Waals surface area (Å²) in [5, 5.41) is 6.72. The van der Waals surface area contributed by atoms with Gasteiger partial charge in [-0.05, 0) is 32.2 Å². The summed E-state index contributed by atoms with van der Waals surface area (Å²) in [6.45, 7) is 4.83. The Hall–Kier alpha value is -1.36. The fourth-order valence-corrected chi connectivity index (χ4v) is 2.08. The maximum Gasteiger partial charge on any atom is 0.225 e. The van der Waals surface area contributed by atoms with Crippen molar-refractivity contribution in [2.75, 3.05) is 25.0 Å². The van der Waals surface area contributed by atoms with Crippen LogP contribution in [-0.2, 0) is 0 Å². The number of hydrogen-bond donors (Lipinski definition) is 2. The lowest BCUT2D eigenvalue weighted by Gasteiger charge is -2.11. The van der Waals surface area contributed by atoms with Gasteiger partial charge in [-0.15, -0.1) is 0 Å². The van der Waals surface area contributed by atoms with Gasteiger partial charge in [-0.2, -0.15) is 4.98 Å². The van der Waals surface area contributed by atoms with Crippen molar-refractivity contribution in [3.05, 3.63) is 12.3 Å². The van der Waals surface area contributed by atoms with E-state index in [-0.39, 0.29) is 0 Å². The Morgan fingerprint density at radius 3 is 3.28 bits per heavy atom. The molecule has 1 atom stereocenters. The van der Waals surface area contributed by atoms with Crippen LogP contribution in [0, 0.1) is 0 Å². The highest BCUT2D eigenvalue weighted by Gasteiger charge is 2.13. The monoisotopic (exact) mass is 250 g/mol. The molecule has 1 aliphatic heterocycles. The summed E-state index contributed by atoms with van der Waals surface area (Å²) in [5.41, 5.74) is 0. The molecule has 0 unspecified atom stereocenters. The van der Waals surface area contributed by atoms with Gasteiger partial charge < -0.3 is 15.4 Å². The molecule has 2 rings (SSSR count). The number of hydrogen-bond acceptors (Lipinski definition) is 5. The van der Waals surface area contributed by atoms with Gasteiger partial charge in [0, 0.05) is 24.8 Å². The second kappa shape index (κ2) is 7.16. The van der Waals surface area contributed by atoms with E-state index in [1.165, 1.54) is 12.8 Å². The first-order valence-corrected chi connectivity index (χ1v) is 6.81. The predicted octanol–water partition coefficient (Wildman–Crippen LogP) is 1.82. The molecule has 2 heterocycles. The maximum absolute atomic E-state index is 5.47. The van der Waals surface area contributed by atoms with Crippen molar-refractivity contribution < 1.29 is 4.74 Å². The molecule has 100 valence electrons. The first-order valence-electron chi connectivity index (χ1n) is 6.81. The number of nitrogens with one attached hydrogen (secondary N) is 2. The number of anilines is 1. The molecular formula is C13H22N4O. The van der Waals surface area contributed by atoms with E-state index in [2.05, 4.69) is 27.5 Å². The summed E-state index contributed by atoms with van der Waals surface area (Å²) < 4.78 is 5.47. The van der Waals surface area contributed by atoms with E-state index < -0.39 is 0 Å². The summed E-state index contributed by atoms with van der Waals surface area (Å²) in [6.07, 6.45) is 6.40. The van der Waals surface area contributed by atoms with Gasteiger partial charge in [-0.25, -0.2) is 4.98 Å². The number of rotatable bonds is 7. The Morgan fingerprint density at radius 1 is 1.56 bits per heavy atom. The predicted molar refractivity (Wildman–Crippen MR) is 71.9 cm³/mol. The first-order chi connectivity index (χ1) is 8.88. The van der Waals surface area contributed by atoms with Crippen molar-refractivity contribution in [3.63, 3.8) is 0 Å². The summed E-state index contributed by atoms with van der Waals surface area (Å²) >= 11 is 0. The van der Waals surface area contributed by atoms with Crippen LogP contribution in [0.4, 0.5) is 5.95 Å². The first kappa shape index (κ1) is 13.1. The zero-order valence-corrected chi connectivity index (χ0v) is 11.0. The van der Waals surface area contributed by atoms with Crippen LogP contribution in [-0.4, -0.2) is 35.7 Å². The highest BCUT2D eigenvalue weighted by Crippen LogP contribution is 2.11. The Morgan fingerprint density at radius 2 is 2.50 bits per heavy atom. The smallest absolute Gasteiger partial charge is 0.225 e. The Kier molecular flexibility index (Phi) is 5.20. The summed E-state index contributed by atoms with van der Waals surface area (Å²) in [5.74, 6) is 1.30. The van der Waals surface area contributed by atoms with Crippen molar-refractivity contribution in [1.82, 2.24) is 15.3 Å². The molecule has 2 N–H and O–H groups in total. The van der Waals surface area contributed by atoms with Crippen LogP contribution in [0.25, 0.3) is 0 Å². The SMILES string of the molecule is CCCOc1ccnc(NCC[C@@H]2CCCN2)n1. The van der Waals surface area contributed by atoms with Crippen LogP contribution in [0.15, 0.2) is 12.3 Å². The summed E-state index contributed by atoms with van der Waals surface area (Å²) in [7, 11) is 0. The quantitative estimate of drug-likeness (QED) is 0.773. The van der Waals surface area contributed by atoms with Crippen molar-refractivity contribution >= 4 is 5.95 Å². The van der Waals surface area contributed by atoms with Crippen LogP contribution in [0.5, 0.6) is 5.88 Å². The minimum Gasteiger partial charge on any atom is -0.478 e. The Labute approximate surface area is 108 Å². The highest BCUT2D eigenvalue weighted by molar-refractivity contribution is 5.27. The number of ether oxygens (including phenoxy) is 1. The Balaban J connectivity index is 1.74. The normalized spacial score (nSPS) is 18.8. The highest BCUT2D eigenvalue weighted by atomic mass is 16.5. The lowest BCUT2D eigenvalue weighted by atomic mass is 10.1. The minimum atomic E-state index is 0.647. The molecule has 0 saturated carbocycles. The third kappa shape index (κ3) is 4.14.